The molecule has 1 unspecified atom stereocenters. The van der Waals surface area contributed by atoms with E-state index in [1.54, 1.807) is 0 Å². The molecule has 2 heteroatoms. The number of aldehydes is 1. The Morgan fingerprint density at radius 2 is 2.00 bits per heavy atom. The van der Waals surface area contributed by atoms with Crippen molar-refractivity contribution in [3.63, 3.8) is 0 Å². The van der Waals surface area contributed by atoms with Crippen molar-refractivity contribution in [2.24, 2.45) is 10.8 Å². The molecule has 1 rings (SSSR count). The van der Waals surface area contributed by atoms with E-state index in [0.29, 0.717) is 12.7 Å². The lowest BCUT2D eigenvalue weighted by molar-refractivity contribution is -0.139. The van der Waals surface area contributed by atoms with Crippen molar-refractivity contribution in [2.75, 3.05) is 0 Å². The number of rotatable bonds is 2. The fraction of sp³-hybridized carbons (Fsp3) is 0.600. The van der Waals surface area contributed by atoms with E-state index in [1.807, 2.05) is 32.9 Å². The van der Waals surface area contributed by atoms with Crippen LogP contribution in [0.1, 0.15) is 27.2 Å². The van der Waals surface area contributed by atoms with Gasteiger partial charge in [-0.05, 0) is 11.8 Å². The molecule has 1 atom stereocenters. The van der Waals surface area contributed by atoms with Crippen molar-refractivity contribution in [3.05, 3.63) is 12.2 Å². The molecular weight excluding hydrogens is 152 g/mol. The van der Waals surface area contributed by atoms with Gasteiger partial charge < -0.3 is 0 Å². The highest BCUT2D eigenvalue weighted by atomic mass is 16.2. The molecule has 0 aliphatic heterocycles. The summed E-state index contributed by atoms with van der Waals surface area (Å²) in [7, 11) is 0. The first-order valence-corrected chi connectivity index (χ1v) is 4.11. The Hall–Kier alpha value is -0.920. The van der Waals surface area contributed by atoms with Gasteiger partial charge in [0.15, 0.2) is 6.29 Å². The van der Waals surface area contributed by atoms with Crippen LogP contribution in [0.15, 0.2) is 12.2 Å². The highest BCUT2D eigenvalue weighted by Crippen LogP contribution is 2.48. The van der Waals surface area contributed by atoms with Crippen molar-refractivity contribution in [3.8, 4) is 0 Å². The zero-order chi connectivity index (χ0) is 9.41. The average molecular weight is 166 g/mol. The van der Waals surface area contributed by atoms with Gasteiger partial charge in [-0.1, -0.05) is 32.9 Å². The Morgan fingerprint density at radius 1 is 1.42 bits per heavy atom. The first-order valence-electron chi connectivity index (χ1n) is 4.11. The van der Waals surface area contributed by atoms with Crippen LogP contribution in [0.4, 0.5) is 0 Å². The van der Waals surface area contributed by atoms with Gasteiger partial charge in [-0.2, -0.15) is 0 Å². The molecular formula is C10H14O2. The maximum absolute atomic E-state index is 11.3. The maximum Gasteiger partial charge on any atom is 0.202 e. The van der Waals surface area contributed by atoms with Crippen molar-refractivity contribution >= 4 is 12.1 Å². The summed E-state index contributed by atoms with van der Waals surface area (Å²) in [4.78, 5) is 21.8. The van der Waals surface area contributed by atoms with Gasteiger partial charge in [-0.15, -0.1) is 0 Å². The molecule has 0 saturated heterocycles. The van der Waals surface area contributed by atoms with Crippen molar-refractivity contribution in [1.82, 2.24) is 0 Å². The van der Waals surface area contributed by atoms with E-state index in [2.05, 4.69) is 0 Å². The summed E-state index contributed by atoms with van der Waals surface area (Å²) in [6, 6.07) is 0. The number of hydrogen-bond donors (Lipinski definition) is 0. The quantitative estimate of drug-likeness (QED) is 0.356. The van der Waals surface area contributed by atoms with E-state index in [1.165, 1.54) is 0 Å². The van der Waals surface area contributed by atoms with Crippen molar-refractivity contribution in [2.45, 2.75) is 27.2 Å². The normalized spacial score (nSPS) is 31.9. The maximum atomic E-state index is 11.3. The molecule has 0 aromatic rings. The Labute approximate surface area is 72.7 Å². The van der Waals surface area contributed by atoms with Gasteiger partial charge in [0.05, 0.1) is 0 Å². The van der Waals surface area contributed by atoms with E-state index in [4.69, 9.17) is 0 Å². The molecule has 0 N–H and O–H groups in total. The number of ketones is 1. The molecule has 0 radical (unpaired) electrons. The number of allylic oxidation sites excluding steroid dienone is 2. The summed E-state index contributed by atoms with van der Waals surface area (Å²) in [6.07, 6.45) is 5.10. The summed E-state index contributed by atoms with van der Waals surface area (Å²) in [5, 5.41) is 0. The minimum absolute atomic E-state index is 0.189. The smallest absolute Gasteiger partial charge is 0.202 e. The largest absolute Gasteiger partial charge is 0.295 e. The van der Waals surface area contributed by atoms with Gasteiger partial charge in [0.1, 0.15) is 0 Å². The highest BCUT2D eigenvalue weighted by molar-refractivity contribution is 6.27. The van der Waals surface area contributed by atoms with Gasteiger partial charge in [-0.25, -0.2) is 0 Å². The van der Waals surface area contributed by atoms with E-state index < -0.39 is 5.41 Å². The SMILES string of the molecule is CC1(C)C=CCC1(C)C(=O)C=O. The zero-order valence-electron chi connectivity index (χ0n) is 7.76. The number of Topliss-reactive ketones (excluding diaryl/α,β-unsaturated/α-hetero) is 1. The summed E-state index contributed by atoms with van der Waals surface area (Å²) < 4.78 is 0. The lowest BCUT2D eigenvalue weighted by Gasteiger charge is -2.34. The van der Waals surface area contributed by atoms with Gasteiger partial charge in [0.2, 0.25) is 5.78 Å². The molecule has 0 fully saturated rings. The second-order valence-electron chi connectivity index (χ2n) is 4.14. The summed E-state index contributed by atoms with van der Waals surface area (Å²) in [6.45, 7) is 5.82. The molecule has 0 aromatic heterocycles. The second-order valence-corrected chi connectivity index (χ2v) is 4.14. The summed E-state index contributed by atoms with van der Waals surface area (Å²) >= 11 is 0. The van der Waals surface area contributed by atoms with Crippen LogP contribution >= 0.6 is 0 Å². The monoisotopic (exact) mass is 166 g/mol. The van der Waals surface area contributed by atoms with Gasteiger partial charge in [0, 0.05) is 5.41 Å². The Morgan fingerprint density at radius 3 is 2.33 bits per heavy atom. The molecule has 0 aromatic carbocycles. The lowest BCUT2D eigenvalue weighted by Crippen LogP contribution is -2.38. The topological polar surface area (TPSA) is 34.1 Å². The Balaban J connectivity index is 3.01. The predicted octanol–water partition coefficient (Wildman–Crippen LogP) is 1.75. The first-order chi connectivity index (χ1) is 5.44. The summed E-state index contributed by atoms with van der Waals surface area (Å²) in [5.74, 6) is -0.294. The van der Waals surface area contributed by atoms with Crippen molar-refractivity contribution in [1.29, 1.82) is 0 Å². The van der Waals surface area contributed by atoms with Crippen LogP contribution in [0, 0.1) is 10.8 Å². The molecule has 0 amide bonds. The average Bonchev–Trinajstić information content (AvgIpc) is 2.26. The fourth-order valence-electron chi connectivity index (χ4n) is 1.58. The lowest BCUT2D eigenvalue weighted by atomic mass is 9.67. The second kappa shape index (κ2) is 2.54. The van der Waals surface area contributed by atoms with Crippen molar-refractivity contribution < 1.29 is 9.59 Å². The number of carbonyl (C=O) groups is 2. The minimum Gasteiger partial charge on any atom is -0.295 e. The first kappa shape index (κ1) is 9.17. The number of carbonyl (C=O) groups excluding carboxylic acids is 2. The zero-order valence-corrected chi connectivity index (χ0v) is 7.76. The molecule has 0 spiro atoms. The van der Waals surface area contributed by atoms with Crippen LogP contribution in [0.5, 0.6) is 0 Å². The third kappa shape index (κ3) is 1.02. The van der Waals surface area contributed by atoms with Crippen LogP contribution in [-0.2, 0) is 9.59 Å². The van der Waals surface area contributed by atoms with Crippen LogP contribution in [0.25, 0.3) is 0 Å². The van der Waals surface area contributed by atoms with Gasteiger partial charge in [-0.3, -0.25) is 9.59 Å². The van der Waals surface area contributed by atoms with Crippen LogP contribution in [0.3, 0.4) is 0 Å². The van der Waals surface area contributed by atoms with Crippen LogP contribution in [0.2, 0.25) is 0 Å². The third-order valence-electron chi connectivity index (χ3n) is 3.13. The van der Waals surface area contributed by atoms with E-state index >= 15 is 0 Å². The standard InChI is InChI=1S/C10H14O2/c1-9(2)5-4-6-10(9,3)8(12)7-11/h4-5,7H,6H2,1-3H3. The van der Waals surface area contributed by atoms with Crippen LogP contribution in [-0.4, -0.2) is 12.1 Å². The molecule has 1 aliphatic rings. The predicted molar refractivity (Wildman–Crippen MR) is 46.7 cm³/mol. The third-order valence-corrected chi connectivity index (χ3v) is 3.13. The minimum atomic E-state index is -0.519. The van der Waals surface area contributed by atoms with E-state index in [9.17, 15) is 9.59 Å². The fourth-order valence-corrected chi connectivity index (χ4v) is 1.58. The molecule has 1 aliphatic carbocycles. The van der Waals surface area contributed by atoms with E-state index in [0.717, 1.165) is 0 Å². The Kier molecular flexibility index (Phi) is 1.94. The molecule has 66 valence electrons. The van der Waals surface area contributed by atoms with Crippen LogP contribution < -0.4 is 0 Å². The molecule has 12 heavy (non-hydrogen) atoms. The molecule has 0 heterocycles. The highest BCUT2D eigenvalue weighted by Gasteiger charge is 2.47. The molecule has 0 bridgehead atoms. The Bertz CT molecular complexity index is 251. The van der Waals surface area contributed by atoms with E-state index in [-0.39, 0.29) is 11.2 Å². The summed E-state index contributed by atoms with van der Waals surface area (Å²) in [5.41, 5.74) is -0.709. The molecule has 2 nitrogen and oxygen atoms in total. The molecule has 0 saturated carbocycles. The number of hydrogen-bond acceptors (Lipinski definition) is 2. The van der Waals surface area contributed by atoms with Gasteiger partial charge >= 0.3 is 0 Å². The van der Waals surface area contributed by atoms with Gasteiger partial charge in [0.25, 0.3) is 0 Å².